The molecule has 0 spiro atoms. The summed E-state index contributed by atoms with van der Waals surface area (Å²) in [5, 5.41) is 6.13. The first-order valence-electron chi connectivity index (χ1n) is 10.6. The van der Waals surface area contributed by atoms with Crippen molar-refractivity contribution in [3.8, 4) is 11.3 Å². The van der Waals surface area contributed by atoms with E-state index in [-0.39, 0.29) is 17.6 Å². The third-order valence-corrected chi connectivity index (χ3v) is 5.55. The fourth-order valence-corrected chi connectivity index (χ4v) is 3.87. The monoisotopic (exact) mass is 419 g/mol. The lowest BCUT2D eigenvalue weighted by molar-refractivity contribution is -0.120. The van der Waals surface area contributed by atoms with Crippen LogP contribution in [-0.2, 0) is 11.3 Å². The Balaban J connectivity index is 1.48. The third kappa shape index (κ3) is 5.36. The van der Waals surface area contributed by atoms with Crippen molar-refractivity contribution in [2.24, 2.45) is 5.92 Å². The number of nitrogen functional groups attached to an aromatic ring is 1. The summed E-state index contributed by atoms with van der Waals surface area (Å²) in [5.74, 6) is 0.908. The van der Waals surface area contributed by atoms with Gasteiger partial charge in [-0.15, -0.1) is 0 Å². The number of hydrogen-bond donors (Lipinski definition) is 3. The molecule has 1 saturated carbocycles. The molecule has 2 aromatic heterocycles. The molecule has 0 radical (unpaired) electrons. The van der Waals surface area contributed by atoms with E-state index < -0.39 is 0 Å². The van der Waals surface area contributed by atoms with E-state index in [0.29, 0.717) is 35.1 Å². The van der Waals surface area contributed by atoms with Crippen molar-refractivity contribution in [1.82, 2.24) is 9.97 Å². The number of rotatable bonds is 6. The average molecular weight is 420 g/mol. The minimum absolute atomic E-state index is 0.0152. The molecule has 6 nitrogen and oxygen atoms in total. The van der Waals surface area contributed by atoms with Crippen molar-refractivity contribution in [1.29, 1.82) is 0 Å². The lowest BCUT2D eigenvalue weighted by Gasteiger charge is -2.20. The van der Waals surface area contributed by atoms with Gasteiger partial charge in [0, 0.05) is 18.0 Å². The van der Waals surface area contributed by atoms with Crippen molar-refractivity contribution in [3.05, 3.63) is 66.1 Å². The van der Waals surface area contributed by atoms with Crippen molar-refractivity contribution < 1.29 is 9.18 Å². The lowest BCUT2D eigenvalue weighted by atomic mass is 9.89. The summed E-state index contributed by atoms with van der Waals surface area (Å²) in [4.78, 5) is 21.5. The number of nitrogens with zero attached hydrogens (tertiary/aromatic N) is 2. The van der Waals surface area contributed by atoms with Crippen LogP contribution in [0.3, 0.4) is 0 Å². The van der Waals surface area contributed by atoms with Crippen LogP contribution in [0.5, 0.6) is 0 Å². The second-order valence-corrected chi connectivity index (χ2v) is 7.87. The minimum atomic E-state index is -0.270. The van der Waals surface area contributed by atoms with Gasteiger partial charge in [-0.25, -0.2) is 14.4 Å². The Morgan fingerprint density at radius 3 is 2.68 bits per heavy atom. The Bertz CT molecular complexity index is 1070. The number of pyridine rings is 2. The predicted octanol–water partition coefficient (Wildman–Crippen LogP) is 5.00. The van der Waals surface area contributed by atoms with Crippen LogP contribution in [0.4, 0.5) is 21.7 Å². The van der Waals surface area contributed by atoms with Crippen molar-refractivity contribution >= 4 is 23.2 Å². The van der Waals surface area contributed by atoms with Gasteiger partial charge in [-0.05, 0) is 48.7 Å². The number of carbonyl (C=O) groups excluding carboxylic acids is 1. The molecule has 1 amide bonds. The molecule has 160 valence electrons. The zero-order chi connectivity index (χ0) is 21.6. The van der Waals surface area contributed by atoms with Gasteiger partial charge in [0.05, 0.1) is 17.6 Å². The average Bonchev–Trinajstić information content (AvgIpc) is 2.80. The molecule has 1 aromatic carbocycles. The maximum absolute atomic E-state index is 13.4. The lowest BCUT2D eigenvalue weighted by Crippen LogP contribution is -2.25. The molecular weight excluding hydrogens is 393 g/mol. The third-order valence-electron chi connectivity index (χ3n) is 5.55. The highest BCUT2D eigenvalue weighted by molar-refractivity contribution is 5.92. The number of nitrogens with one attached hydrogen (secondary N) is 2. The van der Waals surface area contributed by atoms with E-state index in [2.05, 4.69) is 20.6 Å². The molecule has 1 aliphatic rings. The summed E-state index contributed by atoms with van der Waals surface area (Å²) < 4.78 is 13.4. The van der Waals surface area contributed by atoms with Gasteiger partial charge in [0.2, 0.25) is 5.91 Å². The van der Waals surface area contributed by atoms with E-state index >= 15 is 0 Å². The number of halogens is 1. The highest BCUT2D eigenvalue weighted by Gasteiger charge is 2.21. The maximum Gasteiger partial charge on any atom is 0.228 e. The maximum atomic E-state index is 13.4. The molecule has 7 heteroatoms. The van der Waals surface area contributed by atoms with Gasteiger partial charge in [0.15, 0.2) is 0 Å². The van der Waals surface area contributed by atoms with Crippen LogP contribution in [-0.4, -0.2) is 15.9 Å². The Morgan fingerprint density at radius 1 is 1.06 bits per heavy atom. The van der Waals surface area contributed by atoms with Crippen molar-refractivity contribution in [2.75, 3.05) is 16.4 Å². The number of benzene rings is 1. The quantitative estimate of drug-likeness (QED) is 0.523. The minimum Gasteiger partial charge on any atom is -0.397 e. The highest BCUT2D eigenvalue weighted by Crippen LogP contribution is 2.29. The van der Waals surface area contributed by atoms with Gasteiger partial charge < -0.3 is 16.4 Å². The molecule has 1 fully saturated rings. The number of nitrogens with two attached hydrogens (primary N) is 1. The van der Waals surface area contributed by atoms with E-state index in [1.54, 1.807) is 18.3 Å². The highest BCUT2D eigenvalue weighted by atomic mass is 19.1. The molecule has 2 heterocycles. The van der Waals surface area contributed by atoms with Crippen LogP contribution < -0.4 is 16.4 Å². The second-order valence-electron chi connectivity index (χ2n) is 7.87. The Hall–Kier alpha value is -3.48. The fourth-order valence-electron chi connectivity index (χ4n) is 3.87. The molecule has 0 atom stereocenters. The zero-order valence-electron chi connectivity index (χ0n) is 17.3. The van der Waals surface area contributed by atoms with Gasteiger partial charge in [0.25, 0.3) is 0 Å². The topological polar surface area (TPSA) is 92.9 Å². The van der Waals surface area contributed by atoms with Crippen LogP contribution in [0, 0.1) is 11.7 Å². The molecular formula is C24H26FN5O. The van der Waals surface area contributed by atoms with Gasteiger partial charge >= 0.3 is 0 Å². The molecule has 31 heavy (non-hydrogen) atoms. The molecule has 0 aliphatic heterocycles. The van der Waals surface area contributed by atoms with Gasteiger partial charge in [-0.1, -0.05) is 37.5 Å². The van der Waals surface area contributed by atoms with Gasteiger partial charge in [0.1, 0.15) is 17.5 Å². The van der Waals surface area contributed by atoms with Gasteiger partial charge in [-0.2, -0.15) is 0 Å². The number of amides is 1. The van der Waals surface area contributed by atoms with Gasteiger partial charge in [-0.3, -0.25) is 4.79 Å². The van der Waals surface area contributed by atoms with Crippen molar-refractivity contribution in [3.63, 3.8) is 0 Å². The summed E-state index contributed by atoms with van der Waals surface area (Å²) in [5.41, 5.74) is 8.81. The smallest absolute Gasteiger partial charge is 0.228 e. The standard InChI is InChI=1S/C24H26FN5O/c25-18-9-4-6-16(12-18)14-27-22-11-5-10-21(29-22)19-13-23(28-15-20(19)26)30-24(31)17-7-2-1-3-8-17/h4-6,9-13,15,17H,1-3,7-8,14,26H2,(H,27,29)(H,28,30,31). The summed E-state index contributed by atoms with van der Waals surface area (Å²) in [6, 6.07) is 13.8. The van der Waals surface area contributed by atoms with E-state index in [1.165, 1.54) is 18.6 Å². The molecule has 3 aromatic rings. The number of carbonyl (C=O) groups is 1. The fraction of sp³-hybridized carbons (Fsp3) is 0.292. The molecule has 0 saturated heterocycles. The summed E-state index contributed by atoms with van der Waals surface area (Å²) in [6.07, 6.45) is 6.78. The first-order valence-corrected chi connectivity index (χ1v) is 10.6. The Morgan fingerprint density at radius 2 is 1.87 bits per heavy atom. The molecule has 4 rings (SSSR count). The SMILES string of the molecule is Nc1cnc(NC(=O)C2CCCCC2)cc1-c1cccc(NCc2cccc(F)c2)n1. The second kappa shape index (κ2) is 9.55. The predicted molar refractivity (Wildman–Crippen MR) is 121 cm³/mol. The molecule has 4 N–H and O–H groups in total. The van der Waals surface area contributed by atoms with E-state index in [0.717, 1.165) is 31.2 Å². The largest absolute Gasteiger partial charge is 0.397 e. The Labute approximate surface area is 181 Å². The van der Waals surface area contributed by atoms with E-state index in [9.17, 15) is 9.18 Å². The van der Waals surface area contributed by atoms with Crippen molar-refractivity contribution in [2.45, 2.75) is 38.6 Å². The van der Waals surface area contributed by atoms with Crippen LogP contribution >= 0.6 is 0 Å². The first kappa shape index (κ1) is 20.8. The number of aromatic nitrogens is 2. The summed E-state index contributed by atoms with van der Waals surface area (Å²) in [6.45, 7) is 0.447. The normalized spacial score (nSPS) is 14.2. The van der Waals surface area contributed by atoms with E-state index in [4.69, 9.17) is 5.73 Å². The Kier molecular flexibility index (Phi) is 6.40. The van der Waals surface area contributed by atoms with Crippen LogP contribution in [0.2, 0.25) is 0 Å². The molecule has 0 unspecified atom stereocenters. The van der Waals surface area contributed by atoms with Crippen LogP contribution in [0.1, 0.15) is 37.7 Å². The molecule has 1 aliphatic carbocycles. The number of anilines is 3. The van der Waals surface area contributed by atoms with Crippen LogP contribution in [0.15, 0.2) is 54.7 Å². The first-order chi connectivity index (χ1) is 15.1. The van der Waals surface area contributed by atoms with Crippen LogP contribution in [0.25, 0.3) is 11.3 Å². The summed E-state index contributed by atoms with van der Waals surface area (Å²) in [7, 11) is 0. The zero-order valence-corrected chi connectivity index (χ0v) is 17.3. The summed E-state index contributed by atoms with van der Waals surface area (Å²) >= 11 is 0. The number of hydrogen-bond acceptors (Lipinski definition) is 5. The van der Waals surface area contributed by atoms with E-state index in [1.807, 2.05) is 24.3 Å². The molecule has 0 bridgehead atoms.